The number of hydrogen-bond acceptors (Lipinski definition) is 3. The van der Waals surface area contributed by atoms with E-state index in [9.17, 15) is 9.90 Å². The van der Waals surface area contributed by atoms with Crippen LogP contribution in [0.2, 0.25) is 0 Å². The van der Waals surface area contributed by atoms with E-state index in [0.717, 1.165) is 35.5 Å². The van der Waals surface area contributed by atoms with Crippen molar-refractivity contribution in [3.05, 3.63) is 40.5 Å². The highest BCUT2D eigenvalue weighted by atomic mass is 16.3. The number of carbonyl (C=O) groups excluding carboxylic acids is 1. The van der Waals surface area contributed by atoms with Gasteiger partial charge in [0.15, 0.2) is 5.78 Å². The lowest BCUT2D eigenvalue weighted by Crippen LogP contribution is -2.43. The number of benzene rings is 1. The molecular weight excluding hydrogens is 322 g/mol. The first-order chi connectivity index (χ1) is 12.3. The highest BCUT2D eigenvalue weighted by Crippen LogP contribution is 2.50. The summed E-state index contributed by atoms with van der Waals surface area (Å²) < 4.78 is 0. The number of piperidine rings is 1. The van der Waals surface area contributed by atoms with Crippen molar-refractivity contribution in [1.29, 1.82) is 0 Å². The van der Waals surface area contributed by atoms with Gasteiger partial charge in [-0.05, 0) is 62.1 Å². The zero-order valence-corrected chi connectivity index (χ0v) is 15.8. The van der Waals surface area contributed by atoms with E-state index >= 15 is 0 Å². The Morgan fingerprint density at radius 1 is 1.19 bits per heavy atom. The Bertz CT molecular complexity index is 821. The Kier molecular flexibility index (Phi) is 4.00. The van der Waals surface area contributed by atoms with Crippen LogP contribution in [0.15, 0.2) is 23.8 Å². The maximum Gasteiger partial charge on any atom is 0.177 e. The number of aliphatic hydroxyl groups is 1. The Balaban J connectivity index is 1.76. The number of hydrogen-bond donors (Lipinski definition) is 1. The minimum atomic E-state index is -0.921. The molecule has 1 spiro atoms. The normalized spacial score (nSPS) is 22.1. The van der Waals surface area contributed by atoms with Gasteiger partial charge < -0.3 is 10.0 Å². The SMILES string of the molecule is C#CC1=C(N2CCC3(CCC3)CC2)c2cc(C(C)(C)O)ccc2CC1=O. The number of Topliss-reactive ketones (excluding diaryl/α,β-unsaturated/α-hetero) is 1. The van der Waals surface area contributed by atoms with Gasteiger partial charge in [0.2, 0.25) is 0 Å². The molecule has 4 rings (SSSR count). The van der Waals surface area contributed by atoms with Crippen LogP contribution in [0.5, 0.6) is 0 Å². The van der Waals surface area contributed by atoms with Crippen molar-refractivity contribution in [2.75, 3.05) is 13.1 Å². The molecule has 2 fully saturated rings. The molecule has 0 bridgehead atoms. The van der Waals surface area contributed by atoms with E-state index < -0.39 is 5.60 Å². The molecule has 26 heavy (non-hydrogen) atoms. The number of likely N-dealkylation sites (tertiary alicyclic amines) is 1. The second-order valence-electron chi connectivity index (χ2n) is 8.74. The highest BCUT2D eigenvalue weighted by Gasteiger charge is 2.41. The Morgan fingerprint density at radius 3 is 2.42 bits per heavy atom. The predicted octanol–water partition coefficient (Wildman–Crippen LogP) is 3.65. The number of carbonyl (C=O) groups is 1. The molecule has 0 aromatic heterocycles. The molecule has 3 aliphatic rings. The van der Waals surface area contributed by atoms with E-state index in [1.54, 1.807) is 13.8 Å². The first-order valence-electron chi connectivity index (χ1n) is 9.68. The summed E-state index contributed by atoms with van der Waals surface area (Å²) in [6, 6.07) is 5.93. The van der Waals surface area contributed by atoms with Crippen molar-refractivity contribution < 1.29 is 9.90 Å². The van der Waals surface area contributed by atoms with Crippen molar-refractivity contribution in [3.8, 4) is 12.3 Å². The van der Waals surface area contributed by atoms with Gasteiger partial charge in [-0.1, -0.05) is 24.5 Å². The molecule has 0 atom stereocenters. The molecule has 1 saturated carbocycles. The van der Waals surface area contributed by atoms with Gasteiger partial charge in [0, 0.05) is 25.1 Å². The molecule has 3 nitrogen and oxygen atoms in total. The van der Waals surface area contributed by atoms with Crippen LogP contribution in [-0.2, 0) is 16.8 Å². The van der Waals surface area contributed by atoms with Crippen LogP contribution >= 0.6 is 0 Å². The maximum atomic E-state index is 12.6. The van der Waals surface area contributed by atoms with Crippen molar-refractivity contribution in [2.45, 2.75) is 58.0 Å². The van der Waals surface area contributed by atoms with Crippen LogP contribution in [0, 0.1) is 17.8 Å². The van der Waals surface area contributed by atoms with Crippen LogP contribution < -0.4 is 0 Å². The lowest BCUT2D eigenvalue weighted by Gasteiger charge is -2.49. The summed E-state index contributed by atoms with van der Waals surface area (Å²) in [5.41, 5.74) is 3.95. The van der Waals surface area contributed by atoms with Gasteiger partial charge >= 0.3 is 0 Å². The second kappa shape index (κ2) is 5.99. The third-order valence-corrected chi connectivity index (χ3v) is 6.64. The average Bonchev–Trinajstić information content (AvgIpc) is 2.58. The minimum absolute atomic E-state index is 0.0370. The van der Waals surface area contributed by atoms with E-state index in [2.05, 4.69) is 10.8 Å². The summed E-state index contributed by atoms with van der Waals surface area (Å²) in [6.45, 7) is 5.49. The van der Waals surface area contributed by atoms with Gasteiger partial charge in [-0.3, -0.25) is 4.79 Å². The highest BCUT2D eigenvalue weighted by molar-refractivity contribution is 6.10. The van der Waals surface area contributed by atoms with Crippen LogP contribution in [0.4, 0.5) is 0 Å². The lowest BCUT2D eigenvalue weighted by molar-refractivity contribution is -0.114. The van der Waals surface area contributed by atoms with Crippen molar-refractivity contribution in [1.82, 2.24) is 4.90 Å². The third kappa shape index (κ3) is 2.77. The zero-order valence-electron chi connectivity index (χ0n) is 15.8. The predicted molar refractivity (Wildman–Crippen MR) is 103 cm³/mol. The number of ketones is 1. The molecule has 1 saturated heterocycles. The van der Waals surface area contributed by atoms with Crippen LogP contribution in [0.1, 0.15) is 62.6 Å². The first-order valence-corrected chi connectivity index (χ1v) is 9.68. The van der Waals surface area contributed by atoms with Gasteiger partial charge in [-0.2, -0.15) is 0 Å². The fourth-order valence-electron chi connectivity index (χ4n) is 4.72. The van der Waals surface area contributed by atoms with Crippen LogP contribution in [-0.4, -0.2) is 28.9 Å². The number of allylic oxidation sites excluding steroid dienone is 1. The number of fused-ring (bicyclic) bond motifs is 1. The molecule has 1 aromatic rings. The van der Waals surface area contributed by atoms with E-state index in [1.165, 1.54) is 32.1 Å². The fraction of sp³-hybridized carbons (Fsp3) is 0.522. The van der Waals surface area contributed by atoms with Crippen molar-refractivity contribution >= 4 is 11.5 Å². The first kappa shape index (κ1) is 17.4. The molecule has 1 aromatic carbocycles. The number of terminal acetylenes is 1. The van der Waals surface area contributed by atoms with E-state index in [0.29, 0.717) is 17.4 Å². The summed E-state index contributed by atoms with van der Waals surface area (Å²) in [5.74, 6) is 2.71. The number of nitrogens with zero attached hydrogens (tertiary/aromatic N) is 1. The molecule has 1 aliphatic heterocycles. The Hall–Kier alpha value is -2.05. The summed E-state index contributed by atoms with van der Waals surface area (Å²) in [6.07, 6.45) is 12.5. The Morgan fingerprint density at radius 2 is 1.88 bits per heavy atom. The smallest absolute Gasteiger partial charge is 0.177 e. The summed E-state index contributed by atoms with van der Waals surface area (Å²) in [7, 11) is 0. The third-order valence-electron chi connectivity index (χ3n) is 6.64. The molecule has 2 aliphatic carbocycles. The average molecular weight is 349 g/mol. The molecule has 1 N–H and O–H groups in total. The topological polar surface area (TPSA) is 40.5 Å². The van der Waals surface area contributed by atoms with Crippen LogP contribution in [0.3, 0.4) is 0 Å². The molecule has 0 radical (unpaired) electrons. The van der Waals surface area contributed by atoms with Gasteiger partial charge in [-0.25, -0.2) is 0 Å². The largest absolute Gasteiger partial charge is 0.386 e. The summed E-state index contributed by atoms with van der Waals surface area (Å²) in [5, 5.41) is 10.4. The van der Waals surface area contributed by atoms with Gasteiger partial charge in [0.25, 0.3) is 0 Å². The fourth-order valence-corrected chi connectivity index (χ4v) is 4.72. The summed E-state index contributed by atoms with van der Waals surface area (Å²) in [4.78, 5) is 15.0. The maximum absolute atomic E-state index is 12.6. The number of rotatable bonds is 2. The molecule has 0 unspecified atom stereocenters. The van der Waals surface area contributed by atoms with E-state index in [-0.39, 0.29) is 5.78 Å². The molecule has 1 heterocycles. The summed E-state index contributed by atoms with van der Waals surface area (Å²) >= 11 is 0. The monoisotopic (exact) mass is 349 g/mol. The molecule has 0 amide bonds. The lowest BCUT2D eigenvalue weighted by atomic mass is 9.63. The standard InChI is InChI=1S/C23H27NO2/c1-4-18-20(25)14-16-6-7-17(22(2,3)26)15-19(16)21(18)24-12-10-23(11-13-24)8-5-9-23/h1,6-7,15,26H,5,8-14H2,2-3H3. The van der Waals surface area contributed by atoms with E-state index in [4.69, 9.17) is 6.42 Å². The zero-order chi connectivity index (χ0) is 18.5. The van der Waals surface area contributed by atoms with Gasteiger partial charge in [-0.15, -0.1) is 6.42 Å². The minimum Gasteiger partial charge on any atom is -0.386 e. The van der Waals surface area contributed by atoms with Gasteiger partial charge in [0.05, 0.1) is 16.9 Å². The van der Waals surface area contributed by atoms with Crippen molar-refractivity contribution in [2.24, 2.45) is 5.41 Å². The Labute approximate surface area is 156 Å². The molecule has 3 heteroatoms. The molecular formula is C23H27NO2. The van der Waals surface area contributed by atoms with Gasteiger partial charge in [0.1, 0.15) is 0 Å². The van der Waals surface area contributed by atoms with Crippen LogP contribution in [0.25, 0.3) is 5.70 Å². The van der Waals surface area contributed by atoms with Crippen molar-refractivity contribution in [3.63, 3.8) is 0 Å². The quantitative estimate of drug-likeness (QED) is 0.829. The molecule has 136 valence electrons. The second-order valence-corrected chi connectivity index (χ2v) is 8.74. The van der Waals surface area contributed by atoms with E-state index in [1.807, 2.05) is 18.2 Å².